The van der Waals surface area contributed by atoms with Gasteiger partial charge in [-0.1, -0.05) is 11.2 Å². The van der Waals surface area contributed by atoms with Crippen LogP contribution < -0.4 is 5.73 Å². The van der Waals surface area contributed by atoms with Gasteiger partial charge in [-0.25, -0.2) is 0 Å². The Hall–Kier alpha value is -2.56. The van der Waals surface area contributed by atoms with Crippen molar-refractivity contribution in [1.29, 1.82) is 0 Å². The summed E-state index contributed by atoms with van der Waals surface area (Å²) in [7, 11) is 0. The molecule has 3 aromatic rings. The molecular weight excluding hydrogens is 242 g/mol. The smallest absolute Gasteiger partial charge is 0.258 e. The van der Waals surface area contributed by atoms with E-state index in [1.165, 1.54) is 0 Å². The van der Waals surface area contributed by atoms with Gasteiger partial charge in [-0.05, 0) is 37.6 Å². The van der Waals surface area contributed by atoms with Crippen molar-refractivity contribution in [2.75, 3.05) is 5.73 Å². The highest BCUT2D eigenvalue weighted by Crippen LogP contribution is 2.27. The predicted molar refractivity (Wildman–Crippen MR) is 71.3 cm³/mol. The lowest BCUT2D eigenvalue weighted by atomic mass is 10.1. The Kier molecular flexibility index (Phi) is 2.59. The number of nitrogen functional groups attached to an aromatic ring is 1. The third-order valence-electron chi connectivity index (χ3n) is 3.02. The van der Waals surface area contributed by atoms with Gasteiger partial charge in [0, 0.05) is 11.3 Å². The number of nitrogens with zero attached hydrogens (tertiary/aromatic N) is 2. The molecule has 0 amide bonds. The monoisotopic (exact) mass is 255 g/mol. The van der Waals surface area contributed by atoms with Crippen LogP contribution in [0.15, 0.2) is 39.5 Å². The van der Waals surface area contributed by atoms with Crippen molar-refractivity contribution in [3.05, 3.63) is 41.9 Å². The lowest BCUT2D eigenvalue weighted by molar-refractivity contribution is 0.432. The molecule has 0 unspecified atom stereocenters. The number of hydrogen-bond donors (Lipinski definition) is 1. The fraction of sp³-hybridized carbons (Fsp3) is 0.143. The summed E-state index contributed by atoms with van der Waals surface area (Å²) >= 11 is 0. The van der Waals surface area contributed by atoms with E-state index in [2.05, 4.69) is 10.1 Å². The highest BCUT2D eigenvalue weighted by molar-refractivity contribution is 5.66. The van der Waals surface area contributed by atoms with Gasteiger partial charge in [0.2, 0.25) is 5.82 Å². The molecule has 0 fully saturated rings. The first-order valence-electron chi connectivity index (χ1n) is 5.90. The molecule has 5 heteroatoms. The van der Waals surface area contributed by atoms with Gasteiger partial charge in [-0.2, -0.15) is 4.98 Å². The van der Waals surface area contributed by atoms with Gasteiger partial charge in [0.05, 0.1) is 11.8 Å². The third kappa shape index (κ3) is 1.99. The molecule has 2 heterocycles. The van der Waals surface area contributed by atoms with Crippen LogP contribution in [0.25, 0.3) is 22.8 Å². The molecule has 1 aromatic carbocycles. The second-order valence-electron chi connectivity index (χ2n) is 4.39. The molecule has 0 aliphatic rings. The number of benzene rings is 1. The zero-order chi connectivity index (χ0) is 13.4. The largest absolute Gasteiger partial charge is 0.469 e. The number of aromatic nitrogens is 2. The van der Waals surface area contributed by atoms with Gasteiger partial charge >= 0.3 is 0 Å². The summed E-state index contributed by atoms with van der Waals surface area (Å²) in [5.41, 5.74) is 9.16. The molecule has 0 spiro atoms. The van der Waals surface area contributed by atoms with Gasteiger partial charge in [-0.15, -0.1) is 0 Å². The molecule has 96 valence electrons. The Balaban J connectivity index is 2.06. The Morgan fingerprint density at radius 1 is 1.11 bits per heavy atom. The Morgan fingerprint density at radius 2 is 1.95 bits per heavy atom. The number of hydrogen-bond acceptors (Lipinski definition) is 5. The van der Waals surface area contributed by atoms with Crippen LogP contribution in [0.1, 0.15) is 11.3 Å². The van der Waals surface area contributed by atoms with E-state index in [-0.39, 0.29) is 0 Å². The van der Waals surface area contributed by atoms with E-state index in [0.717, 1.165) is 22.5 Å². The SMILES string of the molecule is Cc1ccc(N)cc1-c1nc(-c2ccoc2C)no1. The summed E-state index contributed by atoms with van der Waals surface area (Å²) in [5, 5.41) is 3.98. The second kappa shape index (κ2) is 4.28. The van der Waals surface area contributed by atoms with E-state index < -0.39 is 0 Å². The van der Waals surface area contributed by atoms with E-state index in [1.54, 1.807) is 6.26 Å². The van der Waals surface area contributed by atoms with Crippen molar-refractivity contribution in [2.24, 2.45) is 0 Å². The second-order valence-corrected chi connectivity index (χ2v) is 4.39. The average molecular weight is 255 g/mol. The van der Waals surface area contributed by atoms with Crippen molar-refractivity contribution in [1.82, 2.24) is 10.1 Å². The third-order valence-corrected chi connectivity index (χ3v) is 3.02. The Bertz CT molecular complexity index is 728. The minimum atomic E-state index is 0.459. The molecule has 3 rings (SSSR count). The fourth-order valence-electron chi connectivity index (χ4n) is 1.93. The molecule has 0 bridgehead atoms. The van der Waals surface area contributed by atoms with Crippen LogP contribution in [-0.4, -0.2) is 10.1 Å². The standard InChI is InChI=1S/C14H13N3O2/c1-8-3-4-10(15)7-12(8)14-16-13(17-19-14)11-5-6-18-9(11)2/h3-7H,15H2,1-2H3. The molecule has 0 atom stereocenters. The lowest BCUT2D eigenvalue weighted by Crippen LogP contribution is -1.89. The highest BCUT2D eigenvalue weighted by atomic mass is 16.5. The number of rotatable bonds is 2. The fourth-order valence-corrected chi connectivity index (χ4v) is 1.93. The van der Waals surface area contributed by atoms with Crippen molar-refractivity contribution in [3.63, 3.8) is 0 Å². The average Bonchev–Trinajstić information content (AvgIpc) is 3.00. The highest BCUT2D eigenvalue weighted by Gasteiger charge is 2.15. The summed E-state index contributed by atoms with van der Waals surface area (Å²) in [4.78, 5) is 4.39. The number of anilines is 1. The number of furan rings is 1. The van der Waals surface area contributed by atoms with Crippen molar-refractivity contribution in [2.45, 2.75) is 13.8 Å². The molecule has 0 saturated carbocycles. The summed E-state index contributed by atoms with van der Waals surface area (Å²) in [6.07, 6.45) is 1.60. The van der Waals surface area contributed by atoms with E-state index in [1.807, 2.05) is 38.1 Å². The maximum Gasteiger partial charge on any atom is 0.258 e. The maximum absolute atomic E-state index is 5.79. The molecule has 0 aliphatic carbocycles. The molecule has 2 N–H and O–H groups in total. The quantitative estimate of drug-likeness (QED) is 0.711. The van der Waals surface area contributed by atoms with Gasteiger partial charge in [0.1, 0.15) is 5.76 Å². The van der Waals surface area contributed by atoms with Crippen LogP contribution in [0.4, 0.5) is 5.69 Å². The minimum absolute atomic E-state index is 0.459. The van der Waals surface area contributed by atoms with Crippen LogP contribution >= 0.6 is 0 Å². The van der Waals surface area contributed by atoms with Gasteiger partial charge < -0.3 is 14.7 Å². The van der Waals surface area contributed by atoms with E-state index in [9.17, 15) is 0 Å². The summed E-state index contributed by atoms with van der Waals surface area (Å²) in [6, 6.07) is 7.42. The Morgan fingerprint density at radius 3 is 2.68 bits per heavy atom. The van der Waals surface area contributed by atoms with E-state index in [4.69, 9.17) is 14.7 Å². The van der Waals surface area contributed by atoms with Crippen molar-refractivity contribution in [3.8, 4) is 22.8 Å². The van der Waals surface area contributed by atoms with Gasteiger partial charge in [0.15, 0.2) is 0 Å². The molecule has 0 aliphatic heterocycles. The van der Waals surface area contributed by atoms with Gasteiger partial charge in [0.25, 0.3) is 5.89 Å². The normalized spacial score (nSPS) is 10.8. The van der Waals surface area contributed by atoms with E-state index >= 15 is 0 Å². The minimum Gasteiger partial charge on any atom is -0.469 e. The molecule has 0 saturated heterocycles. The molecule has 2 aromatic heterocycles. The van der Waals surface area contributed by atoms with E-state index in [0.29, 0.717) is 17.4 Å². The maximum atomic E-state index is 5.79. The zero-order valence-corrected chi connectivity index (χ0v) is 10.7. The molecule has 0 radical (unpaired) electrons. The first-order valence-corrected chi connectivity index (χ1v) is 5.90. The molecule has 19 heavy (non-hydrogen) atoms. The number of nitrogens with two attached hydrogens (primary N) is 1. The van der Waals surface area contributed by atoms with Crippen LogP contribution in [-0.2, 0) is 0 Å². The van der Waals surface area contributed by atoms with Crippen molar-refractivity contribution >= 4 is 5.69 Å². The number of aryl methyl sites for hydroxylation is 2. The molecular formula is C14H13N3O2. The lowest BCUT2D eigenvalue weighted by Gasteiger charge is -2.01. The van der Waals surface area contributed by atoms with Crippen LogP contribution in [0.2, 0.25) is 0 Å². The summed E-state index contributed by atoms with van der Waals surface area (Å²) < 4.78 is 10.5. The summed E-state index contributed by atoms with van der Waals surface area (Å²) in [5.74, 6) is 1.74. The zero-order valence-electron chi connectivity index (χ0n) is 10.7. The topological polar surface area (TPSA) is 78.1 Å². The van der Waals surface area contributed by atoms with Crippen LogP contribution in [0.5, 0.6) is 0 Å². The van der Waals surface area contributed by atoms with Crippen molar-refractivity contribution < 1.29 is 8.94 Å². The Labute approximate surface area is 110 Å². The first-order chi connectivity index (χ1) is 9.15. The molecule has 5 nitrogen and oxygen atoms in total. The first kappa shape index (κ1) is 11.5. The summed E-state index contributed by atoms with van der Waals surface area (Å²) in [6.45, 7) is 3.83. The van der Waals surface area contributed by atoms with Crippen LogP contribution in [0, 0.1) is 13.8 Å². The predicted octanol–water partition coefficient (Wildman–Crippen LogP) is 3.20. The van der Waals surface area contributed by atoms with Crippen LogP contribution in [0.3, 0.4) is 0 Å². The van der Waals surface area contributed by atoms with Gasteiger partial charge in [-0.3, -0.25) is 0 Å².